The van der Waals surface area contributed by atoms with Gasteiger partial charge in [-0.2, -0.15) is 0 Å². The Morgan fingerprint density at radius 1 is 1.12 bits per heavy atom. The first-order valence-electron chi connectivity index (χ1n) is 5.11. The van der Waals surface area contributed by atoms with Crippen molar-refractivity contribution in [1.82, 2.24) is 9.97 Å². The second-order valence-electron chi connectivity index (χ2n) is 3.62. The molecule has 0 aliphatic heterocycles. The average Bonchev–Trinajstić information content (AvgIpc) is 2.30. The molecule has 16 heavy (non-hydrogen) atoms. The normalized spacial score (nSPS) is 10.1. The molecule has 0 aliphatic carbocycles. The largest absolute Gasteiger partial charge is 0.399 e. The molecular formula is C12H14N4. The van der Waals surface area contributed by atoms with Crippen LogP contribution in [0.5, 0.6) is 0 Å². The number of aryl methyl sites for hydroxylation is 1. The Labute approximate surface area is 94.5 Å². The number of hydrogen-bond acceptors (Lipinski definition) is 4. The molecule has 4 heteroatoms. The Morgan fingerprint density at radius 2 is 1.88 bits per heavy atom. The monoisotopic (exact) mass is 214 g/mol. The number of benzene rings is 1. The smallest absolute Gasteiger partial charge is 0.0777 e. The SMILES string of the molecule is Cc1cnc(CNc2ccc(N)cc2)cn1. The molecule has 0 fully saturated rings. The fraction of sp³-hybridized carbons (Fsp3) is 0.167. The lowest BCUT2D eigenvalue weighted by Crippen LogP contribution is -2.02. The van der Waals surface area contributed by atoms with Gasteiger partial charge in [0.05, 0.1) is 24.1 Å². The number of hydrogen-bond donors (Lipinski definition) is 2. The molecule has 0 saturated heterocycles. The van der Waals surface area contributed by atoms with Crippen molar-refractivity contribution in [3.05, 3.63) is 48.0 Å². The highest BCUT2D eigenvalue weighted by molar-refractivity contribution is 5.51. The van der Waals surface area contributed by atoms with Gasteiger partial charge in [-0.05, 0) is 31.2 Å². The van der Waals surface area contributed by atoms with Crippen molar-refractivity contribution in [3.63, 3.8) is 0 Å². The zero-order chi connectivity index (χ0) is 11.4. The van der Waals surface area contributed by atoms with Gasteiger partial charge in [-0.15, -0.1) is 0 Å². The molecule has 1 heterocycles. The maximum Gasteiger partial charge on any atom is 0.0777 e. The van der Waals surface area contributed by atoms with E-state index in [0.717, 1.165) is 22.8 Å². The van der Waals surface area contributed by atoms with Gasteiger partial charge in [-0.1, -0.05) is 0 Å². The molecule has 0 unspecified atom stereocenters. The standard InChI is InChI=1S/C12H14N4/c1-9-6-15-12(7-14-9)8-16-11-4-2-10(13)3-5-11/h2-7,16H,8,13H2,1H3. The second-order valence-corrected chi connectivity index (χ2v) is 3.62. The van der Waals surface area contributed by atoms with E-state index in [-0.39, 0.29) is 0 Å². The van der Waals surface area contributed by atoms with Crippen LogP contribution in [0.4, 0.5) is 11.4 Å². The molecule has 4 nitrogen and oxygen atoms in total. The van der Waals surface area contributed by atoms with Crippen LogP contribution in [0.2, 0.25) is 0 Å². The number of nitrogens with one attached hydrogen (secondary N) is 1. The van der Waals surface area contributed by atoms with Crippen LogP contribution in [0.1, 0.15) is 11.4 Å². The van der Waals surface area contributed by atoms with E-state index in [1.807, 2.05) is 31.2 Å². The minimum atomic E-state index is 0.664. The highest BCUT2D eigenvalue weighted by Crippen LogP contribution is 2.11. The van der Waals surface area contributed by atoms with Gasteiger partial charge in [0.25, 0.3) is 0 Å². The molecule has 0 amide bonds. The van der Waals surface area contributed by atoms with Crippen LogP contribution >= 0.6 is 0 Å². The minimum absolute atomic E-state index is 0.664. The molecule has 1 aromatic carbocycles. The van der Waals surface area contributed by atoms with Gasteiger partial charge in [0, 0.05) is 17.6 Å². The summed E-state index contributed by atoms with van der Waals surface area (Å²) in [5.41, 5.74) is 9.24. The summed E-state index contributed by atoms with van der Waals surface area (Å²) >= 11 is 0. The summed E-state index contributed by atoms with van der Waals surface area (Å²) in [7, 11) is 0. The summed E-state index contributed by atoms with van der Waals surface area (Å²) in [6.07, 6.45) is 3.54. The van der Waals surface area contributed by atoms with E-state index >= 15 is 0 Å². The molecule has 3 N–H and O–H groups in total. The molecule has 82 valence electrons. The average molecular weight is 214 g/mol. The van der Waals surface area contributed by atoms with Gasteiger partial charge >= 0.3 is 0 Å². The van der Waals surface area contributed by atoms with Crippen molar-refractivity contribution < 1.29 is 0 Å². The fourth-order valence-corrected chi connectivity index (χ4v) is 1.30. The number of aromatic nitrogens is 2. The maximum absolute atomic E-state index is 5.60. The quantitative estimate of drug-likeness (QED) is 0.767. The third-order valence-corrected chi connectivity index (χ3v) is 2.22. The minimum Gasteiger partial charge on any atom is -0.399 e. The molecule has 0 radical (unpaired) electrons. The predicted molar refractivity (Wildman–Crippen MR) is 65.0 cm³/mol. The van der Waals surface area contributed by atoms with Crippen LogP contribution in [-0.4, -0.2) is 9.97 Å². The first-order valence-corrected chi connectivity index (χ1v) is 5.11. The first kappa shape index (κ1) is 10.4. The first-order chi connectivity index (χ1) is 7.74. The molecule has 2 aromatic rings. The maximum atomic E-state index is 5.60. The molecule has 0 aliphatic rings. The van der Waals surface area contributed by atoms with Crippen LogP contribution in [0.15, 0.2) is 36.7 Å². The van der Waals surface area contributed by atoms with Crippen LogP contribution in [-0.2, 0) is 6.54 Å². The van der Waals surface area contributed by atoms with Crippen LogP contribution in [0.25, 0.3) is 0 Å². The zero-order valence-corrected chi connectivity index (χ0v) is 9.14. The van der Waals surface area contributed by atoms with E-state index < -0.39 is 0 Å². The van der Waals surface area contributed by atoms with Crippen molar-refractivity contribution in [2.75, 3.05) is 11.1 Å². The summed E-state index contributed by atoms with van der Waals surface area (Å²) in [5.74, 6) is 0. The van der Waals surface area contributed by atoms with E-state index in [0.29, 0.717) is 6.54 Å². The van der Waals surface area contributed by atoms with E-state index in [9.17, 15) is 0 Å². The zero-order valence-electron chi connectivity index (χ0n) is 9.14. The lowest BCUT2D eigenvalue weighted by molar-refractivity contribution is 0.984. The summed E-state index contributed by atoms with van der Waals surface area (Å²) < 4.78 is 0. The molecule has 1 aromatic heterocycles. The molecule has 0 bridgehead atoms. The molecule has 0 spiro atoms. The number of nitrogen functional groups attached to an aromatic ring is 1. The summed E-state index contributed by atoms with van der Waals surface area (Å²) in [6, 6.07) is 7.61. The third-order valence-electron chi connectivity index (χ3n) is 2.22. The summed E-state index contributed by atoms with van der Waals surface area (Å²) in [6.45, 7) is 2.58. The fourth-order valence-electron chi connectivity index (χ4n) is 1.30. The highest BCUT2D eigenvalue weighted by Gasteiger charge is 1.95. The molecular weight excluding hydrogens is 200 g/mol. The number of nitrogens with zero attached hydrogens (tertiary/aromatic N) is 2. The number of nitrogens with two attached hydrogens (primary N) is 1. The highest BCUT2D eigenvalue weighted by atomic mass is 14.9. The van der Waals surface area contributed by atoms with Crippen LogP contribution < -0.4 is 11.1 Å². The lowest BCUT2D eigenvalue weighted by atomic mass is 10.3. The summed E-state index contributed by atoms with van der Waals surface area (Å²) in [4.78, 5) is 8.44. The van der Waals surface area contributed by atoms with E-state index in [1.54, 1.807) is 12.4 Å². The van der Waals surface area contributed by atoms with Crippen LogP contribution in [0.3, 0.4) is 0 Å². The van der Waals surface area contributed by atoms with Crippen molar-refractivity contribution in [2.24, 2.45) is 0 Å². The van der Waals surface area contributed by atoms with E-state index in [1.165, 1.54) is 0 Å². The molecule has 0 saturated carbocycles. The number of rotatable bonds is 3. The van der Waals surface area contributed by atoms with E-state index in [4.69, 9.17) is 5.73 Å². The Balaban J connectivity index is 1.97. The molecule has 0 atom stereocenters. The van der Waals surface area contributed by atoms with Gasteiger partial charge in [0.2, 0.25) is 0 Å². The van der Waals surface area contributed by atoms with Gasteiger partial charge < -0.3 is 11.1 Å². The predicted octanol–water partition coefficient (Wildman–Crippen LogP) is 1.98. The third kappa shape index (κ3) is 2.70. The lowest BCUT2D eigenvalue weighted by Gasteiger charge is -2.05. The Kier molecular flexibility index (Phi) is 3.00. The second kappa shape index (κ2) is 4.61. The van der Waals surface area contributed by atoms with Crippen molar-refractivity contribution >= 4 is 11.4 Å². The Morgan fingerprint density at radius 3 is 2.50 bits per heavy atom. The van der Waals surface area contributed by atoms with Crippen molar-refractivity contribution in [1.29, 1.82) is 0 Å². The van der Waals surface area contributed by atoms with Crippen molar-refractivity contribution in [2.45, 2.75) is 13.5 Å². The van der Waals surface area contributed by atoms with E-state index in [2.05, 4.69) is 15.3 Å². The van der Waals surface area contributed by atoms with Crippen LogP contribution in [0, 0.1) is 6.92 Å². The van der Waals surface area contributed by atoms with Gasteiger partial charge in [0.1, 0.15) is 0 Å². The Bertz CT molecular complexity index is 402. The topological polar surface area (TPSA) is 63.8 Å². The number of anilines is 2. The summed E-state index contributed by atoms with van der Waals surface area (Å²) in [5, 5.41) is 3.25. The molecule has 2 rings (SSSR count). The van der Waals surface area contributed by atoms with Gasteiger partial charge in [-0.3, -0.25) is 9.97 Å². The van der Waals surface area contributed by atoms with Gasteiger partial charge in [0.15, 0.2) is 0 Å². The van der Waals surface area contributed by atoms with Gasteiger partial charge in [-0.25, -0.2) is 0 Å². The van der Waals surface area contributed by atoms with Crippen molar-refractivity contribution in [3.8, 4) is 0 Å². The Hall–Kier alpha value is -2.10.